The van der Waals surface area contributed by atoms with E-state index in [4.69, 9.17) is 5.73 Å². The summed E-state index contributed by atoms with van der Waals surface area (Å²) in [5.41, 5.74) is 6.29. The minimum absolute atomic E-state index is 0.109. The molecule has 0 aliphatic carbocycles. The highest BCUT2D eigenvalue weighted by Gasteiger charge is 2.25. The third kappa shape index (κ3) is 3.82. The van der Waals surface area contributed by atoms with Crippen molar-refractivity contribution in [3.05, 3.63) is 21.0 Å². The molecule has 0 aliphatic heterocycles. The SMILES string of the molecule is CCC(CC)(CN)Nc1cnn(CC(C)C)c(=O)c1Br. The van der Waals surface area contributed by atoms with Crippen molar-refractivity contribution in [3.63, 3.8) is 0 Å². The Morgan fingerprint density at radius 1 is 1.45 bits per heavy atom. The maximum atomic E-state index is 12.3. The number of nitrogens with one attached hydrogen (secondary N) is 1. The molecule has 0 atom stereocenters. The van der Waals surface area contributed by atoms with Crippen molar-refractivity contribution in [2.45, 2.75) is 52.6 Å². The molecular formula is C14H25BrN4O. The van der Waals surface area contributed by atoms with Crippen LogP contribution in [0, 0.1) is 5.92 Å². The van der Waals surface area contributed by atoms with Crippen molar-refractivity contribution in [2.24, 2.45) is 11.7 Å². The van der Waals surface area contributed by atoms with Gasteiger partial charge in [0.2, 0.25) is 0 Å². The zero-order valence-corrected chi connectivity index (χ0v) is 14.3. The standard InChI is InChI=1S/C14H25BrN4O/c1-5-14(6-2,9-16)18-11-7-17-19(8-10(3)4)13(20)12(11)15/h7,10,18H,5-6,8-9,16H2,1-4H3. The van der Waals surface area contributed by atoms with Gasteiger partial charge in [-0.3, -0.25) is 4.79 Å². The van der Waals surface area contributed by atoms with Crippen molar-refractivity contribution in [2.75, 3.05) is 11.9 Å². The highest BCUT2D eigenvalue weighted by atomic mass is 79.9. The van der Waals surface area contributed by atoms with Crippen LogP contribution in [-0.2, 0) is 6.54 Å². The predicted octanol–water partition coefficient (Wildman–Crippen LogP) is 2.59. The second-order valence-electron chi connectivity index (χ2n) is 5.57. The summed E-state index contributed by atoms with van der Waals surface area (Å²) < 4.78 is 2.01. The summed E-state index contributed by atoms with van der Waals surface area (Å²) in [5, 5.41) is 7.62. The predicted molar refractivity (Wildman–Crippen MR) is 87.0 cm³/mol. The van der Waals surface area contributed by atoms with Crippen LogP contribution in [0.25, 0.3) is 0 Å². The van der Waals surface area contributed by atoms with Gasteiger partial charge in [-0.2, -0.15) is 5.10 Å². The lowest BCUT2D eigenvalue weighted by molar-refractivity contribution is 0.440. The van der Waals surface area contributed by atoms with Gasteiger partial charge in [0.05, 0.1) is 11.9 Å². The van der Waals surface area contributed by atoms with E-state index in [-0.39, 0.29) is 11.1 Å². The summed E-state index contributed by atoms with van der Waals surface area (Å²) >= 11 is 3.38. The van der Waals surface area contributed by atoms with Crippen molar-refractivity contribution in [1.29, 1.82) is 0 Å². The van der Waals surface area contributed by atoms with Gasteiger partial charge in [0.25, 0.3) is 5.56 Å². The van der Waals surface area contributed by atoms with E-state index < -0.39 is 0 Å². The number of aromatic nitrogens is 2. The molecule has 0 aromatic carbocycles. The number of hydrogen-bond donors (Lipinski definition) is 2. The summed E-state index contributed by atoms with van der Waals surface area (Å²) in [4.78, 5) is 12.3. The molecule has 0 spiro atoms. The van der Waals surface area contributed by atoms with Crippen LogP contribution in [0.1, 0.15) is 40.5 Å². The summed E-state index contributed by atoms with van der Waals surface area (Å²) in [7, 11) is 0. The molecule has 1 aromatic rings. The smallest absolute Gasteiger partial charge is 0.283 e. The van der Waals surface area contributed by atoms with Crippen LogP contribution < -0.4 is 16.6 Å². The maximum absolute atomic E-state index is 12.3. The van der Waals surface area contributed by atoms with E-state index in [1.807, 2.05) is 0 Å². The normalized spacial score (nSPS) is 11.9. The molecule has 0 saturated carbocycles. The largest absolute Gasteiger partial charge is 0.376 e. The molecule has 0 unspecified atom stereocenters. The summed E-state index contributed by atoms with van der Waals surface area (Å²) in [6.07, 6.45) is 3.48. The second kappa shape index (κ2) is 7.22. The average molecular weight is 345 g/mol. The highest BCUT2D eigenvalue weighted by molar-refractivity contribution is 9.10. The molecule has 0 saturated heterocycles. The zero-order valence-electron chi connectivity index (χ0n) is 12.7. The molecule has 0 aliphatic rings. The molecule has 114 valence electrons. The molecule has 0 bridgehead atoms. The first-order valence-electron chi connectivity index (χ1n) is 7.13. The van der Waals surface area contributed by atoms with E-state index in [0.717, 1.165) is 12.8 Å². The first-order chi connectivity index (χ1) is 9.39. The molecule has 1 heterocycles. The fourth-order valence-corrected chi connectivity index (χ4v) is 2.49. The molecule has 3 N–H and O–H groups in total. The van der Waals surface area contributed by atoms with Crippen LogP contribution in [0.5, 0.6) is 0 Å². The molecule has 0 fully saturated rings. The third-order valence-electron chi connectivity index (χ3n) is 3.67. The molecule has 6 heteroatoms. The van der Waals surface area contributed by atoms with Crippen molar-refractivity contribution < 1.29 is 0 Å². The fraction of sp³-hybridized carbons (Fsp3) is 0.714. The van der Waals surface area contributed by atoms with Crippen LogP contribution in [0.15, 0.2) is 15.5 Å². The summed E-state index contributed by atoms with van der Waals surface area (Å²) in [6.45, 7) is 9.42. The van der Waals surface area contributed by atoms with Crippen LogP contribution in [-0.4, -0.2) is 21.9 Å². The summed E-state index contributed by atoms with van der Waals surface area (Å²) in [5.74, 6) is 0.375. The molecule has 0 radical (unpaired) electrons. The van der Waals surface area contributed by atoms with Crippen molar-refractivity contribution in [1.82, 2.24) is 9.78 Å². The Kier molecular flexibility index (Phi) is 6.20. The molecule has 20 heavy (non-hydrogen) atoms. The average Bonchev–Trinajstić information content (AvgIpc) is 2.43. The van der Waals surface area contributed by atoms with Gasteiger partial charge in [-0.15, -0.1) is 0 Å². The van der Waals surface area contributed by atoms with Crippen molar-refractivity contribution in [3.8, 4) is 0 Å². The van der Waals surface area contributed by atoms with Crippen LogP contribution in [0.3, 0.4) is 0 Å². The lowest BCUT2D eigenvalue weighted by atomic mass is 9.93. The summed E-state index contributed by atoms with van der Waals surface area (Å²) in [6, 6.07) is 0. The Hall–Kier alpha value is -0.880. The number of rotatable bonds is 7. The van der Waals surface area contributed by atoms with E-state index in [1.54, 1.807) is 6.20 Å². The van der Waals surface area contributed by atoms with Gasteiger partial charge < -0.3 is 11.1 Å². The third-order valence-corrected chi connectivity index (χ3v) is 4.43. The topological polar surface area (TPSA) is 72.9 Å². The first kappa shape index (κ1) is 17.2. The molecule has 1 rings (SSSR count). The minimum atomic E-state index is -0.194. The molecule has 1 aromatic heterocycles. The number of hydrogen-bond acceptors (Lipinski definition) is 4. The lowest BCUT2D eigenvalue weighted by Gasteiger charge is -2.32. The van der Waals surface area contributed by atoms with Crippen LogP contribution in [0.4, 0.5) is 5.69 Å². The van der Waals surface area contributed by atoms with Crippen LogP contribution in [0.2, 0.25) is 0 Å². The van der Waals surface area contributed by atoms with Gasteiger partial charge in [0.15, 0.2) is 0 Å². The van der Waals surface area contributed by atoms with Gasteiger partial charge in [-0.25, -0.2) is 4.68 Å². The highest BCUT2D eigenvalue weighted by Crippen LogP contribution is 2.25. The monoisotopic (exact) mass is 344 g/mol. The molecular weight excluding hydrogens is 320 g/mol. The maximum Gasteiger partial charge on any atom is 0.283 e. The molecule has 5 nitrogen and oxygen atoms in total. The van der Waals surface area contributed by atoms with E-state index in [0.29, 0.717) is 29.2 Å². The Balaban J connectivity index is 3.10. The molecule has 0 amide bonds. The fourth-order valence-electron chi connectivity index (χ4n) is 2.08. The van der Waals surface area contributed by atoms with Gasteiger partial charge >= 0.3 is 0 Å². The Bertz CT molecular complexity index is 486. The van der Waals surface area contributed by atoms with Gasteiger partial charge in [0.1, 0.15) is 4.47 Å². The number of nitrogens with zero attached hydrogens (tertiary/aromatic N) is 2. The first-order valence-corrected chi connectivity index (χ1v) is 7.92. The van der Waals surface area contributed by atoms with E-state index >= 15 is 0 Å². The van der Waals surface area contributed by atoms with Gasteiger partial charge in [-0.05, 0) is 34.7 Å². The second-order valence-corrected chi connectivity index (χ2v) is 6.36. The van der Waals surface area contributed by atoms with E-state index in [1.165, 1.54) is 4.68 Å². The number of anilines is 1. The van der Waals surface area contributed by atoms with Gasteiger partial charge in [0, 0.05) is 18.6 Å². The van der Waals surface area contributed by atoms with E-state index in [9.17, 15) is 4.79 Å². The van der Waals surface area contributed by atoms with Crippen LogP contribution >= 0.6 is 15.9 Å². The zero-order chi connectivity index (χ0) is 15.3. The number of nitrogens with two attached hydrogens (primary N) is 1. The Morgan fingerprint density at radius 3 is 2.50 bits per heavy atom. The lowest BCUT2D eigenvalue weighted by Crippen LogP contribution is -2.45. The Morgan fingerprint density at radius 2 is 2.05 bits per heavy atom. The minimum Gasteiger partial charge on any atom is -0.376 e. The van der Waals surface area contributed by atoms with Crippen molar-refractivity contribution >= 4 is 21.6 Å². The Labute approximate surface area is 129 Å². The van der Waals surface area contributed by atoms with Gasteiger partial charge in [-0.1, -0.05) is 27.7 Å². The number of halogens is 1. The van der Waals surface area contributed by atoms with E-state index in [2.05, 4.69) is 54.0 Å². The quantitative estimate of drug-likeness (QED) is 0.797.